The number of nitrogens with one attached hydrogen (secondary N) is 1. The molecule has 2 N–H and O–H groups in total. The summed E-state index contributed by atoms with van der Waals surface area (Å²) in [6.45, 7) is 2.51. The molecule has 0 unspecified atom stereocenters. The van der Waals surface area contributed by atoms with Gasteiger partial charge in [0.2, 0.25) is 10.0 Å². The Morgan fingerprint density at radius 3 is 2.75 bits per heavy atom. The van der Waals surface area contributed by atoms with Crippen LogP contribution in [0.4, 0.5) is 4.39 Å². The van der Waals surface area contributed by atoms with Crippen molar-refractivity contribution in [3.63, 3.8) is 0 Å². The summed E-state index contributed by atoms with van der Waals surface area (Å²) in [5.74, 6) is -0.665. The Morgan fingerprint density at radius 1 is 1.35 bits per heavy atom. The van der Waals surface area contributed by atoms with Crippen LogP contribution < -0.4 is 4.72 Å². The van der Waals surface area contributed by atoms with E-state index in [2.05, 4.69) is 4.72 Å². The Bertz CT molecular complexity index is 519. The molecule has 0 aliphatic rings. The predicted molar refractivity (Wildman–Crippen MR) is 73.2 cm³/mol. The quantitative estimate of drug-likeness (QED) is 0.677. The third-order valence-electron chi connectivity index (χ3n) is 2.67. The number of unbranched alkanes of at least 4 members (excludes halogenated alkanes) is 1. The van der Waals surface area contributed by atoms with Crippen LogP contribution in [0.15, 0.2) is 23.1 Å². The van der Waals surface area contributed by atoms with Crippen LogP contribution in [0.3, 0.4) is 0 Å². The van der Waals surface area contributed by atoms with Gasteiger partial charge in [-0.25, -0.2) is 17.5 Å². The van der Waals surface area contributed by atoms with Crippen molar-refractivity contribution < 1.29 is 22.7 Å². The summed E-state index contributed by atoms with van der Waals surface area (Å²) in [6, 6.07) is 3.26. The molecule has 0 radical (unpaired) electrons. The first kappa shape index (κ1) is 17.0. The lowest BCUT2D eigenvalue weighted by Crippen LogP contribution is -2.28. The van der Waals surface area contributed by atoms with Gasteiger partial charge in [-0.05, 0) is 24.1 Å². The molecule has 0 saturated heterocycles. The SMILES string of the molecule is CCCCOCCNS(=O)(=O)c1cc(F)ccc1CO. The lowest BCUT2D eigenvalue weighted by Gasteiger charge is -2.10. The second-order valence-electron chi connectivity index (χ2n) is 4.27. The molecule has 1 aromatic rings. The normalized spacial score (nSPS) is 11.8. The van der Waals surface area contributed by atoms with E-state index in [0.717, 1.165) is 25.0 Å². The summed E-state index contributed by atoms with van der Waals surface area (Å²) < 4.78 is 44.7. The van der Waals surface area contributed by atoms with Crippen molar-refractivity contribution in [1.29, 1.82) is 0 Å². The molecule has 0 aromatic heterocycles. The Morgan fingerprint density at radius 2 is 2.10 bits per heavy atom. The van der Waals surface area contributed by atoms with Gasteiger partial charge >= 0.3 is 0 Å². The smallest absolute Gasteiger partial charge is 0.241 e. The van der Waals surface area contributed by atoms with Crippen molar-refractivity contribution in [2.45, 2.75) is 31.3 Å². The molecule has 0 aliphatic heterocycles. The van der Waals surface area contributed by atoms with Gasteiger partial charge in [0, 0.05) is 13.2 Å². The van der Waals surface area contributed by atoms with E-state index in [1.807, 2.05) is 6.92 Å². The van der Waals surface area contributed by atoms with E-state index in [0.29, 0.717) is 6.61 Å². The maximum Gasteiger partial charge on any atom is 0.241 e. The van der Waals surface area contributed by atoms with Crippen LogP contribution in [0.2, 0.25) is 0 Å². The fourth-order valence-electron chi connectivity index (χ4n) is 1.58. The molecule has 0 fully saturated rings. The van der Waals surface area contributed by atoms with E-state index in [-0.39, 0.29) is 23.6 Å². The van der Waals surface area contributed by atoms with Crippen LogP contribution >= 0.6 is 0 Å². The number of hydrogen-bond acceptors (Lipinski definition) is 4. The lowest BCUT2D eigenvalue weighted by atomic mass is 10.2. The third kappa shape index (κ3) is 5.16. The summed E-state index contributed by atoms with van der Waals surface area (Å²) in [7, 11) is -3.85. The first-order chi connectivity index (χ1) is 9.51. The molecule has 0 bridgehead atoms. The average molecular weight is 305 g/mol. The van der Waals surface area contributed by atoms with E-state index in [9.17, 15) is 12.8 Å². The summed E-state index contributed by atoms with van der Waals surface area (Å²) in [6.07, 6.45) is 1.93. The number of aliphatic hydroxyl groups excluding tert-OH is 1. The van der Waals surface area contributed by atoms with Crippen LogP contribution in [0.1, 0.15) is 25.3 Å². The highest BCUT2D eigenvalue weighted by Crippen LogP contribution is 2.17. The molecule has 0 atom stereocenters. The minimum atomic E-state index is -3.85. The molecule has 5 nitrogen and oxygen atoms in total. The summed E-state index contributed by atoms with van der Waals surface area (Å²) >= 11 is 0. The molecule has 1 rings (SSSR count). The molecule has 0 aliphatic carbocycles. The standard InChI is InChI=1S/C13H20FNO4S/c1-2-3-7-19-8-6-15-20(17,18)13-9-12(14)5-4-11(13)10-16/h4-5,9,15-16H,2-3,6-8,10H2,1H3. The van der Waals surface area contributed by atoms with E-state index in [1.54, 1.807) is 0 Å². The molecule has 0 heterocycles. The Kier molecular flexibility index (Phi) is 7.08. The third-order valence-corrected chi connectivity index (χ3v) is 4.21. The molecule has 1 aromatic carbocycles. The Balaban J connectivity index is 2.62. The molecule has 0 spiro atoms. The van der Waals surface area contributed by atoms with Crippen molar-refractivity contribution in [3.05, 3.63) is 29.6 Å². The molecule has 0 saturated carbocycles. The molecule has 7 heteroatoms. The van der Waals surface area contributed by atoms with Crippen LogP contribution in [0.5, 0.6) is 0 Å². The van der Waals surface area contributed by atoms with Gasteiger partial charge in [0.15, 0.2) is 0 Å². The van der Waals surface area contributed by atoms with Gasteiger partial charge in [0.25, 0.3) is 0 Å². The fourth-order valence-corrected chi connectivity index (χ4v) is 2.84. The molecule has 0 amide bonds. The second-order valence-corrected chi connectivity index (χ2v) is 6.01. The van der Waals surface area contributed by atoms with Crippen LogP contribution in [0.25, 0.3) is 0 Å². The molecule has 20 heavy (non-hydrogen) atoms. The Hall–Kier alpha value is -1.02. The lowest BCUT2D eigenvalue weighted by molar-refractivity contribution is 0.136. The Labute approximate surface area is 118 Å². The predicted octanol–water partition coefficient (Wildman–Crippen LogP) is 1.41. The average Bonchev–Trinajstić information content (AvgIpc) is 2.42. The van der Waals surface area contributed by atoms with Gasteiger partial charge in [-0.3, -0.25) is 0 Å². The van der Waals surface area contributed by atoms with Crippen molar-refractivity contribution in [2.24, 2.45) is 0 Å². The monoisotopic (exact) mass is 305 g/mol. The van der Waals surface area contributed by atoms with E-state index in [1.165, 1.54) is 6.07 Å². The second kappa shape index (κ2) is 8.31. The van der Waals surface area contributed by atoms with Crippen molar-refractivity contribution in [1.82, 2.24) is 4.72 Å². The first-order valence-corrected chi connectivity index (χ1v) is 7.96. The van der Waals surface area contributed by atoms with Gasteiger partial charge in [-0.15, -0.1) is 0 Å². The highest BCUT2D eigenvalue weighted by Gasteiger charge is 2.18. The maximum absolute atomic E-state index is 13.1. The zero-order valence-corrected chi connectivity index (χ0v) is 12.2. The highest BCUT2D eigenvalue weighted by molar-refractivity contribution is 7.89. The minimum Gasteiger partial charge on any atom is -0.392 e. The molecular formula is C13H20FNO4S. The number of ether oxygens (including phenoxy) is 1. The molecular weight excluding hydrogens is 285 g/mol. The van der Waals surface area contributed by atoms with Crippen molar-refractivity contribution >= 4 is 10.0 Å². The van der Waals surface area contributed by atoms with E-state index < -0.39 is 22.4 Å². The number of aliphatic hydroxyl groups is 1. The van der Waals surface area contributed by atoms with E-state index in [4.69, 9.17) is 9.84 Å². The number of hydrogen-bond donors (Lipinski definition) is 2. The van der Waals surface area contributed by atoms with Gasteiger partial charge in [0.05, 0.1) is 18.1 Å². The fraction of sp³-hybridized carbons (Fsp3) is 0.538. The summed E-state index contributed by atoms with van der Waals surface area (Å²) in [5, 5.41) is 9.10. The largest absolute Gasteiger partial charge is 0.392 e. The van der Waals surface area contributed by atoms with Gasteiger partial charge in [0.1, 0.15) is 5.82 Å². The minimum absolute atomic E-state index is 0.105. The maximum atomic E-state index is 13.1. The number of benzene rings is 1. The number of rotatable bonds is 9. The van der Waals surface area contributed by atoms with Gasteiger partial charge < -0.3 is 9.84 Å². The van der Waals surface area contributed by atoms with E-state index >= 15 is 0 Å². The van der Waals surface area contributed by atoms with Crippen molar-refractivity contribution in [3.8, 4) is 0 Å². The molecule has 114 valence electrons. The topological polar surface area (TPSA) is 75.6 Å². The van der Waals surface area contributed by atoms with Crippen molar-refractivity contribution in [2.75, 3.05) is 19.8 Å². The first-order valence-electron chi connectivity index (χ1n) is 6.48. The van der Waals surface area contributed by atoms with Crippen LogP contribution in [-0.4, -0.2) is 33.3 Å². The summed E-state index contributed by atoms with van der Waals surface area (Å²) in [4.78, 5) is -0.242. The highest BCUT2D eigenvalue weighted by atomic mass is 32.2. The summed E-state index contributed by atoms with van der Waals surface area (Å²) in [5.41, 5.74) is 0.158. The zero-order valence-electron chi connectivity index (χ0n) is 11.4. The number of sulfonamides is 1. The zero-order chi connectivity index (χ0) is 15.0. The number of halogens is 1. The van der Waals surface area contributed by atoms with Gasteiger partial charge in [-0.2, -0.15) is 0 Å². The van der Waals surface area contributed by atoms with Gasteiger partial charge in [-0.1, -0.05) is 19.4 Å². The van der Waals surface area contributed by atoms with Crippen LogP contribution in [-0.2, 0) is 21.4 Å². The van der Waals surface area contributed by atoms with Crippen LogP contribution in [0, 0.1) is 5.82 Å².